The summed E-state index contributed by atoms with van der Waals surface area (Å²) < 4.78 is 5.89. The first-order valence-electron chi connectivity index (χ1n) is 5.73. The van der Waals surface area contributed by atoms with Crippen molar-refractivity contribution in [1.29, 1.82) is 0 Å². The van der Waals surface area contributed by atoms with Crippen molar-refractivity contribution in [2.45, 2.75) is 6.10 Å². The molecule has 1 atom stereocenters. The lowest BCUT2D eigenvalue weighted by molar-refractivity contribution is -0.125. The minimum atomic E-state index is -0.661. The normalized spacial score (nSPS) is 12.4. The first-order valence-corrected chi connectivity index (χ1v) is 6.53. The third-order valence-corrected chi connectivity index (χ3v) is 3.16. The fourth-order valence-electron chi connectivity index (χ4n) is 1.76. The molecule has 100 valence electrons. The Hall–Kier alpha value is -1.50. The summed E-state index contributed by atoms with van der Waals surface area (Å²) in [5.41, 5.74) is 6.83. The molecular weight excluding hydrogens is 310 g/mol. The van der Waals surface area contributed by atoms with Gasteiger partial charge in [-0.3, -0.25) is 9.78 Å². The van der Waals surface area contributed by atoms with Crippen LogP contribution in [0.5, 0.6) is 0 Å². The van der Waals surface area contributed by atoms with Gasteiger partial charge in [0.2, 0.25) is 0 Å². The number of pyridine rings is 1. The number of amides is 1. The largest absolute Gasteiger partial charge is 0.370 e. The van der Waals surface area contributed by atoms with Crippen molar-refractivity contribution in [2.75, 3.05) is 19.0 Å². The van der Waals surface area contributed by atoms with Gasteiger partial charge in [-0.15, -0.1) is 0 Å². The number of aromatic nitrogens is 1. The minimum absolute atomic E-state index is 0.131. The van der Waals surface area contributed by atoms with Crippen molar-refractivity contribution < 1.29 is 9.53 Å². The fraction of sp³-hybridized carbons (Fsp3) is 0.231. The van der Waals surface area contributed by atoms with Crippen LogP contribution in [0.4, 0.5) is 5.69 Å². The van der Waals surface area contributed by atoms with Gasteiger partial charge in [0.05, 0.1) is 11.2 Å². The lowest BCUT2D eigenvalue weighted by Crippen LogP contribution is -2.35. The van der Waals surface area contributed by atoms with E-state index in [1.807, 2.05) is 18.2 Å². The van der Waals surface area contributed by atoms with Crippen LogP contribution in [0, 0.1) is 0 Å². The average Bonchev–Trinajstić information content (AvgIpc) is 2.40. The molecule has 1 aromatic heterocycles. The molecule has 1 aromatic carbocycles. The predicted octanol–water partition coefficient (Wildman–Crippen LogP) is 1.91. The molecule has 0 aliphatic carbocycles. The number of methoxy groups -OCH3 is 1. The van der Waals surface area contributed by atoms with Gasteiger partial charge in [-0.25, -0.2) is 0 Å². The van der Waals surface area contributed by atoms with E-state index < -0.39 is 6.10 Å². The van der Waals surface area contributed by atoms with Crippen molar-refractivity contribution in [3.8, 4) is 0 Å². The summed E-state index contributed by atoms with van der Waals surface area (Å²) in [4.78, 5) is 16.2. The number of hydrogen-bond donors (Lipinski definition) is 2. The number of ether oxygens (including phenoxy) is 1. The summed E-state index contributed by atoms with van der Waals surface area (Å²) in [5.74, 6) is -0.276. The Morgan fingerprint density at radius 3 is 3.05 bits per heavy atom. The Labute approximate surface area is 119 Å². The lowest BCUT2D eigenvalue weighted by atomic mass is 10.2. The number of anilines is 1. The topological polar surface area (TPSA) is 77.2 Å². The number of nitrogens with two attached hydrogens (primary N) is 1. The smallest absolute Gasteiger partial charge is 0.254 e. The Kier molecular flexibility index (Phi) is 4.47. The summed E-state index contributed by atoms with van der Waals surface area (Å²) >= 11 is 3.37. The number of nitrogens with zero attached hydrogens (tertiary/aromatic N) is 1. The number of nitrogens with one attached hydrogen (secondary N) is 1. The minimum Gasteiger partial charge on any atom is -0.370 e. The molecular formula is C13H14BrN3O2. The number of fused-ring (bicyclic) bond motifs is 1. The lowest BCUT2D eigenvalue weighted by Gasteiger charge is -2.14. The van der Waals surface area contributed by atoms with Gasteiger partial charge in [0.15, 0.2) is 0 Å². The summed E-state index contributed by atoms with van der Waals surface area (Å²) in [6.07, 6.45) is 1.03. The van der Waals surface area contributed by atoms with E-state index in [4.69, 9.17) is 10.5 Å². The monoisotopic (exact) mass is 323 g/mol. The molecule has 0 fully saturated rings. The van der Waals surface area contributed by atoms with E-state index in [0.29, 0.717) is 5.69 Å². The highest BCUT2D eigenvalue weighted by molar-refractivity contribution is 9.10. The van der Waals surface area contributed by atoms with Crippen LogP contribution in [0.15, 0.2) is 34.9 Å². The van der Waals surface area contributed by atoms with Crippen LogP contribution in [0.25, 0.3) is 10.9 Å². The maximum absolute atomic E-state index is 11.9. The molecule has 0 aliphatic heterocycles. The zero-order valence-corrected chi connectivity index (χ0v) is 12.0. The van der Waals surface area contributed by atoms with Gasteiger partial charge in [-0.05, 0) is 28.1 Å². The van der Waals surface area contributed by atoms with Gasteiger partial charge >= 0.3 is 0 Å². The second-order valence-corrected chi connectivity index (χ2v) is 4.90. The molecule has 19 heavy (non-hydrogen) atoms. The van der Waals surface area contributed by atoms with Crippen LogP contribution in [0.2, 0.25) is 0 Å². The van der Waals surface area contributed by atoms with Gasteiger partial charge in [-0.1, -0.05) is 12.1 Å². The Bertz CT molecular complexity index is 599. The standard InChI is InChI=1S/C13H14BrN3O2/c1-19-11(6-15)13(18)17-10-4-2-3-8-5-9(14)7-16-12(8)10/h2-5,7,11H,6,15H2,1H3,(H,17,18). The molecule has 2 aromatic rings. The third-order valence-electron chi connectivity index (χ3n) is 2.73. The molecule has 1 unspecified atom stereocenters. The summed E-state index contributed by atoms with van der Waals surface area (Å²) in [5, 5.41) is 3.72. The van der Waals surface area contributed by atoms with Gasteiger partial charge in [0.25, 0.3) is 5.91 Å². The Morgan fingerprint density at radius 2 is 2.37 bits per heavy atom. The number of hydrogen-bond acceptors (Lipinski definition) is 4. The predicted molar refractivity (Wildman–Crippen MR) is 77.9 cm³/mol. The maximum Gasteiger partial charge on any atom is 0.254 e. The van der Waals surface area contributed by atoms with Gasteiger partial charge in [0, 0.05) is 29.7 Å². The van der Waals surface area contributed by atoms with Crippen LogP contribution in [0.3, 0.4) is 0 Å². The van der Waals surface area contributed by atoms with E-state index in [0.717, 1.165) is 15.4 Å². The molecule has 0 saturated carbocycles. The van der Waals surface area contributed by atoms with Crippen LogP contribution < -0.4 is 11.1 Å². The summed E-state index contributed by atoms with van der Waals surface area (Å²) in [6, 6.07) is 7.52. The average molecular weight is 324 g/mol. The van der Waals surface area contributed by atoms with Gasteiger partial charge in [0.1, 0.15) is 6.10 Å². The van der Waals surface area contributed by atoms with E-state index >= 15 is 0 Å². The third kappa shape index (κ3) is 3.09. The molecule has 6 heteroatoms. The van der Waals surface area contributed by atoms with E-state index in [9.17, 15) is 4.79 Å². The number of para-hydroxylation sites is 1. The van der Waals surface area contributed by atoms with Crippen molar-refractivity contribution in [2.24, 2.45) is 5.73 Å². The second-order valence-electron chi connectivity index (χ2n) is 3.98. The molecule has 5 nitrogen and oxygen atoms in total. The maximum atomic E-state index is 11.9. The molecule has 2 rings (SSSR count). The van der Waals surface area contributed by atoms with Crippen LogP contribution >= 0.6 is 15.9 Å². The summed E-state index contributed by atoms with van der Waals surface area (Å²) in [6.45, 7) is 0.131. The van der Waals surface area contributed by atoms with Gasteiger partial charge in [-0.2, -0.15) is 0 Å². The highest BCUT2D eigenvalue weighted by Crippen LogP contribution is 2.24. The number of carbonyl (C=O) groups excluding carboxylic acids is 1. The quantitative estimate of drug-likeness (QED) is 0.901. The number of rotatable bonds is 4. The molecule has 0 aliphatic rings. The summed E-state index contributed by atoms with van der Waals surface area (Å²) in [7, 11) is 1.45. The zero-order valence-electron chi connectivity index (χ0n) is 10.4. The number of halogens is 1. The fourth-order valence-corrected chi connectivity index (χ4v) is 2.11. The van der Waals surface area contributed by atoms with Crippen molar-refractivity contribution in [1.82, 2.24) is 4.98 Å². The molecule has 0 saturated heterocycles. The van der Waals surface area contributed by atoms with E-state index in [1.165, 1.54) is 7.11 Å². The molecule has 3 N–H and O–H groups in total. The van der Waals surface area contributed by atoms with Gasteiger partial charge < -0.3 is 15.8 Å². The molecule has 0 radical (unpaired) electrons. The van der Waals surface area contributed by atoms with E-state index in [2.05, 4.69) is 26.2 Å². The first-order chi connectivity index (χ1) is 9.15. The van der Waals surface area contributed by atoms with E-state index in [-0.39, 0.29) is 12.5 Å². The zero-order chi connectivity index (χ0) is 13.8. The van der Waals surface area contributed by atoms with Crippen LogP contribution in [0.1, 0.15) is 0 Å². The molecule has 0 spiro atoms. The van der Waals surface area contributed by atoms with Crippen molar-refractivity contribution in [3.05, 3.63) is 34.9 Å². The highest BCUT2D eigenvalue weighted by Gasteiger charge is 2.16. The number of benzene rings is 1. The first kappa shape index (κ1) is 13.9. The molecule has 1 heterocycles. The van der Waals surface area contributed by atoms with Crippen molar-refractivity contribution >= 4 is 38.4 Å². The van der Waals surface area contributed by atoms with E-state index in [1.54, 1.807) is 12.3 Å². The highest BCUT2D eigenvalue weighted by atomic mass is 79.9. The Balaban J connectivity index is 2.33. The van der Waals surface area contributed by atoms with Crippen molar-refractivity contribution in [3.63, 3.8) is 0 Å². The molecule has 1 amide bonds. The second kappa shape index (κ2) is 6.10. The SMILES string of the molecule is COC(CN)C(=O)Nc1cccc2cc(Br)cnc12. The number of carbonyl (C=O) groups is 1. The van der Waals surface area contributed by atoms with Crippen LogP contribution in [-0.2, 0) is 9.53 Å². The Morgan fingerprint density at radius 1 is 1.58 bits per heavy atom. The molecule has 0 bridgehead atoms. The van der Waals surface area contributed by atoms with Crippen LogP contribution in [-0.4, -0.2) is 30.6 Å².